The highest BCUT2D eigenvalue weighted by Gasteiger charge is 2.51. The highest BCUT2D eigenvalue weighted by atomic mass is 33.1. The van der Waals surface area contributed by atoms with Gasteiger partial charge in [0.1, 0.15) is 6.10 Å². The molecular formula is C17H33N2O3S2+. The van der Waals surface area contributed by atoms with E-state index in [0.717, 1.165) is 19.5 Å². The number of carbonyl (C=O) groups is 1. The first-order chi connectivity index (χ1) is 11.1. The van der Waals surface area contributed by atoms with Gasteiger partial charge in [0.2, 0.25) is 5.91 Å². The number of amides is 1. The minimum atomic E-state index is -0.458. The fourth-order valence-electron chi connectivity index (χ4n) is 3.08. The third-order valence-electron chi connectivity index (χ3n) is 5.58. The molecule has 0 aliphatic carbocycles. The van der Waals surface area contributed by atoms with Gasteiger partial charge < -0.3 is 9.64 Å². The number of likely N-dealkylation sites (N-methyl/N-ethyl adjacent to an activating group) is 1. The number of carbonyl (C=O) groups excluding carboxylic acids is 1. The molecule has 2 heterocycles. The SMILES string of the molecule is COCC1C[C@@H](O[N+]2(C)CC2)CN1C(=O)C(C)(C)C(C)(C)SSC. The predicted octanol–water partition coefficient (Wildman–Crippen LogP) is 2.81. The van der Waals surface area contributed by atoms with Crippen molar-refractivity contribution in [2.45, 2.75) is 51.0 Å². The average molecular weight is 378 g/mol. The quantitative estimate of drug-likeness (QED) is 0.369. The second-order valence-electron chi connectivity index (χ2n) is 8.16. The molecule has 2 aliphatic rings. The second kappa shape index (κ2) is 7.35. The summed E-state index contributed by atoms with van der Waals surface area (Å²) < 4.78 is 5.91. The molecule has 0 aromatic heterocycles. The zero-order valence-corrected chi connectivity index (χ0v) is 17.8. The van der Waals surface area contributed by atoms with Gasteiger partial charge >= 0.3 is 0 Å². The van der Waals surface area contributed by atoms with Crippen molar-refractivity contribution in [3.05, 3.63) is 0 Å². The van der Waals surface area contributed by atoms with Gasteiger partial charge in [0, 0.05) is 18.3 Å². The van der Waals surface area contributed by atoms with E-state index in [9.17, 15) is 4.79 Å². The number of ether oxygens (including phenoxy) is 1. The van der Waals surface area contributed by atoms with Crippen molar-refractivity contribution in [2.75, 3.05) is 46.7 Å². The Morgan fingerprint density at radius 1 is 1.29 bits per heavy atom. The molecule has 0 N–H and O–H groups in total. The number of hydrogen-bond donors (Lipinski definition) is 0. The van der Waals surface area contributed by atoms with Crippen LogP contribution in [0.5, 0.6) is 0 Å². The molecule has 1 unspecified atom stereocenters. The lowest BCUT2D eigenvalue weighted by Gasteiger charge is -2.42. The Morgan fingerprint density at radius 2 is 1.92 bits per heavy atom. The van der Waals surface area contributed by atoms with E-state index < -0.39 is 5.41 Å². The Bertz CT molecular complexity index is 467. The predicted molar refractivity (Wildman–Crippen MR) is 102 cm³/mol. The van der Waals surface area contributed by atoms with Crippen LogP contribution in [0.15, 0.2) is 0 Å². The van der Waals surface area contributed by atoms with Crippen molar-refractivity contribution in [1.82, 2.24) is 4.90 Å². The Kier molecular flexibility index (Phi) is 6.24. The molecule has 2 saturated heterocycles. The van der Waals surface area contributed by atoms with Crippen LogP contribution < -0.4 is 0 Å². The summed E-state index contributed by atoms with van der Waals surface area (Å²) in [5.74, 6) is 0.204. The number of methoxy groups -OCH3 is 1. The maximum atomic E-state index is 13.4. The van der Waals surface area contributed by atoms with Crippen LogP contribution in [-0.4, -0.2) is 79.0 Å². The van der Waals surface area contributed by atoms with Gasteiger partial charge in [-0.2, -0.15) is 9.48 Å². The summed E-state index contributed by atoms with van der Waals surface area (Å²) in [5.41, 5.74) is -0.458. The fourth-order valence-corrected chi connectivity index (χ4v) is 5.67. The van der Waals surface area contributed by atoms with Crippen molar-refractivity contribution >= 4 is 27.5 Å². The van der Waals surface area contributed by atoms with E-state index in [1.807, 2.05) is 4.90 Å². The number of rotatable bonds is 8. The molecule has 2 atom stereocenters. The van der Waals surface area contributed by atoms with Gasteiger partial charge in [0.25, 0.3) is 0 Å². The first-order valence-electron chi connectivity index (χ1n) is 8.61. The molecule has 0 spiro atoms. The van der Waals surface area contributed by atoms with Crippen molar-refractivity contribution in [3.63, 3.8) is 0 Å². The Labute approximate surface area is 154 Å². The molecule has 24 heavy (non-hydrogen) atoms. The van der Waals surface area contributed by atoms with E-state index in [4.69, 9.17) is 9.57 Å². The van der Waals surface area contributed by atoms with Gasteiger partial charge in [-0.1, -0.05) is 21.6 Å². The lowest BCUT2D eigenvalue weighted by Crippen LogP contribution is -2.52. The van der Waals surface area contributed by atoms with Crippen LogP contribution in [0.3, 0.4) is 0 Å². The maximum absolute atomic E-state index is 13.4. The maximum Gasteiger partial charge on any atom is 0.230 e. The topological polar surface area (TPSA) is 38.8 Å². The van der Waals surface area contributed by atoms with Crippen LogP contribution in [0, 0.1) is 5.41 Å². The fraction of sp³-hybridized carbons (Fsp3) is 0.941. The van der Waals surface area contributed by atoms with E-state index in [2.05, 4.69) is 41.0 Å². The molecule has 2 rings (SSSR count). The highest BCUT2D eigenvalue weighted by Crippen LogP contribution is 2.48. The Hall–Kier alpha value is 0.0500. The largest absolute Gasteiger partial charge is 0.383 e. The van der Waals surface area contributed by atoms with Crippen molar-refractivity contribution in [2.24, 2.45) is 5.41 Å². The normalized spacial score (nSPS) is 26.7. The molecule has 0 bridgehead atoms. The molecule has 140 valence electrons. The molecule has 5 nitrogen and oxygen atoms in total. The van der Waals surface area contributed by atoms with Crippen LogP contribution in [-0.2, 0) is 14.4 Å². The zero-order chi connectivity index (χ0) is 18.2. The molecule has 0 saturated carbocycles. The van der Waals surface area contributed by atoms with E-state index >= 15 is 0 Å². The smallest absolute Gasteiger partial charge is 0.230 e. The first kappa shape index (κ1) is 20.4. The summed E-state index contributed by atoms with van der Waals surface area (Å²) in [6.45, 7) is 11.8. The monoisotopic (exact) mass is 377 g/mol. The van der Waals surface area contributed by atoms with Crippen LogP contribution in [0.4, 0.5) is 0 Å². The number of quaternary nitrogens is 1. The van der Waals surface area contributed by atoms with Crippen LogP contribution in [0.2, 0.25) is 0 Å². The Balaban J connectivity index is 2.12. The third kappa shape index (κ3) is 4.23. The first-order valence-corrected chi connectivity index (χ1v) is 11.2. The molecule has 0 radical (unpaired) electrons. The van der Waals surface area contributed by atoms with Gasteiger partial charge in [-0.3, -0.25) is 4.79 Å². The lowest BCUT2D eigenvalue weighted by molar-refractivity contribution is -0.995. The van der Waals surface area contributed by atoms with Gasteiger partial charge in [-0.25, -0.2) is 0 Å². The van der Waals surface area contributed by atoms with Crippen LogP contribution in [0.25, 0.3) is 0 Å². The summed E-state index contributed by atoms with van der Waals surface area (Å²) in [6, 6.07) is 0.105. The van der Waals surface area contributed by atoms with Gasteiger partial charge in [0.15, 0.2) is 13.1 Å². The summed E-state index contributed by atoms with van der Waals surface area (Å²) in [4.78, 5) is 21.6. The molecule has 7 heteroatoms. The lowest BCUT2D eigenvalue weighted by atomic mass is 9.78. The summed E-state index contributed by atoms with van der Waals surface area (Å²) in [7, 11) is 7.30. The third-order valence-corrected chi connectivity index (χ3v) is 8.43. The number of hydroxylamine groups is 3. The standard InChI is InChI=1S/C17H33N2O3S2/c1-16(2,17(3,4)24-23-7)15(20)18-11-14(10-13(18)12-21-6)22-19(5)8-9-19/h13-14H,8-12H2,1-7H3/q+1/t13?,14-/m1/s1. The summed E-state index contributed by atoms with van der Waals surface area (Å²) in [5, 5.41) is 0. The van der Waals surface area contributed by atoms with E-state index in [1.54, 1.807) is 28.7 Å². The van der Waals surface area contributed by atoms with Crippen LogP contribution in [0.1, 0.15) is 34.1 Å². The van der Waals surface area contributed by atoms with Gasteiger partial charge in [-0.15, -0.1) is 0 Å². The van der Waals surface area contributed by atoms with Crippen molar-refractivity contribution in [1.29, 1.82) is 0 Å². The second-order valence-corrected chi connectivity index (χ2v) is 11.2. The number of likely N-dealkylation sites (tertiary alicyclic amines) is 1. The minimum Gasteiger partial charge on any atom is -0.383 e. The number of nitrogens with zero attached hydrogens (tertiary/aromatic N) is 2. The summed E-state index contributed by atoms with van der Waals surface area (Å²) in [6.07, 6.45) is 3.03. The molecule has 0 aromatic carbocycles. The Morgan fingerprint density at radius 3 is 2.42 bits per heavy atom. The molecule has 2 aliphatic heterocycles. The molecule has 0 aromatic rings. The van der Waals surface area contributed by atoms with Gasteiger partial charge in [0.05, 0.1) is 31.7 Å². The van der Waals surface area contributed by atoms with E-state index in [-0.39, 0.29) is 22.8 Å². The molecule has 1 amide bonds. The van der Waals surface area contributed by atoms with E-state index in [0.29, 0.717) is 17.8 Å². The highest BCUT2D eigenvalue weighted by molar-refractivity contribution is 8.77. The van der Waals surface area contributed by atoms with Crippen LogP contribution >= 0.6 is 21.6 Å². The summed E-state index contributed by atoms with van der Waals surface area (Å²) >= 11 is 0. The van der Waals surface area contributed by atoms with E-state index in [1.165, 1.54) is 0 Å². The minimum absolute atomic E-state index is 0.105. The zero-order valence-electron chi connectivity index (χ0n) is 16.1. The van der Waals surface area contributed by atoms with Crippen molar-refractivity contribution in [3.8, 4) is 0 Å². The average Bonchev–Trinajstić information content (AvgIpc) is 3.06. The van der Waals surface area contributed by atoms with Gasteiger partial charge in [-0.05, 0) is 34.0 Å². The number of hydrogen-bond acceptors (Lipinski definition) is 5. The van der Waals surface area contributed by atoms with Crippen molar-refractivity contribution < 1.29 is 19.0 Å². The molecule has 2 fully saturated rings. The molecular weight excluding hydrogens is 344 g/mol.